The third-order valence-corrected chi connectivity index (χ3v) is 5.90. The molecule has 0 spiro atoms. The highest BCUT2D eigenvalue weighted by atomic mass is 32.1. The highest BCUT2D eigenvalue weighted by molar-refractivity contribution is 7.80. The van der Waals surface area contributed by atoms with E-state index in [2.05, 4.69) is 60.2 Å². The lowest BCUT2D eigenvalue weighted by Gasteiger charge is -2.29. The van der Waals surface area contributed by atoms with E-state index < -0.39 is 0 Å². The summed E-state index contributed by atoms with van der Waals surface area (Å²) >= 11 is 5.79. The van der Waals surface area contributed by atoms with Crippen molar-refractivity contribution in [3.63, 3.8) is 0 Å². The molecule has 31 heavy (non-hydrogen) atoms. The summed E-state index contributed by atoms with van der Waals surface area (Å²) in [6.07, 6.45) is 11.3. The van der Waals surface area contributed by atoms with Gasteiger partial charge < -0.3 is 14.8 Å². The lowest BCUT2D eigenvalue weighted by molar-refractivity contribution is 0.298. The van der Waals surface area contributed by atoms with Crippen molar-refractivity contribution < 1.29 is 0 Å². The zero-order chi connectivity index (χ0) is 21.0. The zero-order valence-electron chi connectivity index (χ0n) is 16.9. The molecule has 0 aliphatic carbocycles. The van der Waals surface area contributed by atoms with Crippen LogP contribution in [-0.2, 0) is 13.1 Å². The molecule has 1 aliphatic heterocycles. The number of rotatable bonds is 6. The van der Waals surface area contributed by atoms with E-state index in [9.17, 15) is 0 Å². The molecule has 5 rings (SSSR count). The molecular formula is C24H22N6S. The van der Waals surface area contributed by atoms with Gasteiger partial charge in [-0.25, -0.2) is 0 Å². The summed E-state index contributed by atoms with van der Waals surface area (Å²) in [6.45, 7) is 1.44. The fraction of sp³-hybridized carbons (Fsp3) is 0.167. The van der Waals surface area contributed by atoms with Crippen molar-refractivity contribution in [3.8, 4) is 0 Å². The van der Waals surface area contributed by atoms with Gasteiger partial charge in [0.2, 0.25) is 0 Å². The molecule has 154 valence electrons. The zero-order valence-corrected chi connectivity index (χ0v) is 17.7. The number of nitrogens with zero attached hydrogens (tertiary/aromatic N) is 5. The van der Waals surface area contributed by atoms with E-state index in [4.69, 9.17) is 12.2 Å². The third-order valence-electron chi connectivity index (χ3n) is 5.54. The van der Waals surface area contributed by atoms with E-state index >= 15 is 0 Å². The number of aromatic nitrogens is 4. The monoisotopic (exact) mass is 426 g/mol. The summed E-state index contributed by atoms with van der Waals surface area (Å²) in [5, 5.41) is 4.25. The van der Waals surface area contributed by atoms with Crippen LogP contribution in [-0.4, -0.2) is 29.5 Å². The predicted octanol–water partition coefficient (Wildman–Crippen LogP) is 3.89. The minimum Gasteiger partial charge on any atom is -0.352 e. The fourth-order valence-corrected chi connectivity index (χ4v) is 4.42. The molecule has 0 radical (unpaired) electrons. The van der Waals surface area contributed by atoms with Crippen LogP contribution in [0.5, 0.6) is 0 Å². The average Bonchev–Trinajstić information content (AvgIpc) is 3.40. The highest BCUT2D eigenvalue weighted by Crippen LogP contribution is 2.39. The second-order valence-electron chi connectivity index (χ2n) is 7.53. The summed E-state index contributed by atoms with van der Waals surface area (Å²) in [5.41, 5.74) is 4.47. The fourth-order valence-electron chi connectivity index (χ4n) is 4.11. The van der Waals surface area contributed by atoms with Crippen LogP contribution in [0.4, 0.5) is 0 Å². The molecule has 0 bridgehead atoms. The molecule has 1 fully saturated rings. The highest BCUT2D eigenvalue weighted by Gasteiger charge is 2.41. The van der Waals surface area contributed by atoms with Crippen LogP contribution in [0.2, 0.25) is 0 Å². The van der Waals surface area contributed by atoms with Crippen molar-refractivity contribution in [2.24, 2.45) is 0 Å². The summed E-state index contributed by atoms with van der Waals surface area (Å²) in [5.74, 6) is 0. The Morgan fingerprint density at radius 2 is 1.74 bits per heavy atom. The van der Waals surface area contributed by atoms with Gasteiger partial charge in [0.05, 0.1) is 17.8 Å². The van der Waals surface area contributed by atoms with E-state index in [-0.39, 0.29) is 12.1 Å². The first kappa shape index (κ1) is 19.4. The average molecular weight is 427 g/mol. The van der Waals surface area contributed by atoms with Gasteiger partial charge >= 0.3 is 0 Å². The van der Waals surface area contributed by atoms with Gasteiger partial charge in [-0.05, 0) is 65.8 Å². The predicted molar refractivity (Wildman–Crippen MR) is 123 cm³/mol. The Hall–Kier alpha value is -3.58. The van der Waals surface area contributed by atoms with E-state index in [1.54, 1.807) is 6.20 Å². The van der Waals surface area contributed by atoms with Gasteiger partial charge in [0.15, 0.2) is 5.11 Å². The molecule has 0 saturated carbocycles. The van der Waals surface area contributed by atoms with Gasteiger partial charge in [0.25, 0.3) is 0 Å². The largest absolute Gasteiger partial charge is 0.352 e. The van der Waals surface area contributed by atoms with Crippen LogP contribution in [0, 0.1) is 0 Å². The number of hydrogen-bond acceptors (Lipinski definition) is 4. The first-order chi connectivity index (χ1) is 15.3. The summed E-state index contributed by atoms with van der Waals surface area (Å²) in [7, 11) is 0. The van der Waals surface area contributed by atoms with Gasteiger partial charge in [0, 0.05) is 56.0 Å². The smallest absolute Gasteiger partial charge is 0.170 e. The Bertz CT molecular complexity index is 1150. The quantitative estimate of drug-likeness (QED) is 0.472. The molecule has 1 aliphatic rings. The minimum atomic E-state index is -0.0434. The molecule has 2 atom stereocenters. The van der Waals surface area contributed by atoms with Gasteiger partial charge in [0.1, 0.15) is 0 Å². The number of nitrogens with one attached hydrogen (secondary N) is 1. The first-order valence-electron chi connectivity index (χ1n) is 10.2. The normalized spacial score (nSPS) is 18.2. The van der Waals surface area contributed by atoms with E-state index in [0.717, 1.165) is 28.5 Å². The maximum Gasteiger partial charge on any atom is 0.170 e. The topological polar surface area (TPSA) is 58.9 Å². The van der Waals surface area contributed by atoms with Gasteiger partial charge in [-0.2, -0.15) is 0 Å². The van der Waals surface area contributed by atoms with Crippen LogP contribution >= 0.6 is 12.2 Å². The summed E-state index contributed by atoms with van der Waals surface area (Å²) < 4.78 is 2.27. The van der Waals surface area contributed by atoms with E-state index in [0.29, 0.717) is 6.54 Å². The molecule has 7 heteroatoms. The molecule has 0 amide bonds. The maximum atomic E-state index is 5.79. The lowest BCUT2D eigenvalue weighted by atomic mass is 10.0. The van der Waals surface area contributed by atoms with E-state index in [1.807, 2.05) is 55.1 Å². The number of thiocarbonyl (C=S) groups is 1. The standard InChI is InChI=1S/C24H22N6S/c31-24-28-22(20-6-1-2-11-27-20)23(30(24)17-18-8-12-25-13-9-18)21-7-4-14-29(21)16-19-5-3-10-26-15-19/h1-15,22-23H,16-17H2,(H,28,31)/t22-,23-/m1/s1. The van der Waals surface area contributed by atoms with Gasteiger partial charge in [-0.3, -0.25) is 15.0 Å². The Kier molecular flexibility index (Phi) is 5.41. The molecule has 1 saturated heterocycles. The molecule has 4 aromatic rings. The molecule has 6 nitrogen and oxygen atoms in total. The van der Waals surface area contributed by atoms with Crippen LogP contribution < -0.4 is 5.32 Å². The molecule has 4 aromatic heterocycles. The Morgan fingerprint density at radius 3 is 2.52 bits per heavy atom. The van der Waals surface area contributed by atoms with Gasteiger partial charge in [-0.1, -0.05) is 12.1 Å². The van der Waals surface area contributed by atoms with Crippen LogP contribution in [0.15, 0.2) is 91.8 Å². The van der Waals surface area contributed by atoms with Gasteiger partial charge in [-0.15, -0.1) is 0 Å². The Labute approximate surface area is 186 Å². The molecule has 0 aromatic carbocycles. The Balaban J connectivity index is 1.54. The molecular weight excluding hydrogens is 404 g/mol. The van der Waals surface area contributed by atoms with Crippen LogP contribution in [0.3, 0.4) is 0 Å². The number of hydrogen-bond donors (Lipinski definition) is 1. The van der Waals surface area contributed by atoms with Crippen molar-refractivity contribution >= 4 is 17.3 Å². The van der Waals surface area contributed by atoms with Crippen molar-refractivity contribution in [1.82, 2.24) is 29.7 Å². The van der Waals surface area contributed by atoms with Crippen LogP contribution in [0.25, 0.3) is 0 Å². The van der Waals surface area contributed by atoms with Crippen molar-refractivity contribution in [2.45, 2.75) is 25.2 Å². The number of pyridine rings is 3. The minimum absolute atomic E-state index is 0.00207. The van der Waals surface area contributed by atoms with Crippen molar-refractivity contribution in [2.75, 3.05) is 0 Å². The summed E-state index contributed by atoms with van der Waals surface area (Å²) in [6, 6.07) is 18.4. The molecule has 0 unspecified atom stereocenters. The van der Waals surface area contributed by atoms with E-state index in [1.165, 1.54) is 5.69 Å². The van der Waals surface area contributed by atoms with Crippen LogP contribution in [0.1, 0.15) is 34.6 Å². The maximum absolute atomic E-state index is 5.79. The second-order valence-corrected chi connectivity index (χ2v) is 7.92. The van der Waals surface area contributed by atoms with Crippen molar-refractivity contribution in [1.29, 1.82) is 0 Å². The lowest BCUT2D eigenvalue weighted by Crippen LogP contribution is -2.30. The van der Waals surface area contributed by atoms with Crippen molar-refractivity contribution in [3.05, 3.63) is 114 Å². The molecule has 5 heterocycles. The Morgan fingerprint density at radius 1 is 0.839 bits per heavy atom. The summed E-state index contributed by atoms with van der Waals surface area (Å²) in [4.78, 5) is 15.3. The first-order valence-corrected chi connectivity index (χ1v) is 10.6. The second kappa shape index (κ2) is 8.65. The SMILES string of the molecule is S=C1N[C@H](c2ccccn2)[C@@H](c2cccn2Cc2cccnc2)N1Cc1ccncc1. The molecule has 1 N–H and O–H groups in total. The third kappa shape index (κ3) is 4.04.